The maximum absolute atomic E-state index is 12.7. The molecule has 1 saturated heterocycles. The second-order valence-corrected chi connectivity index (χ2v) is 8.54. The molecule has 0 bridgehead atoms. The Morgan fingerprint density at radius 3 is 3.15 bits per heavy atom. The van der Waals surface area contributed by atoms with Gasteiger partial charge in [0.2, 0.25) is 0 Å². The van der Waals surface area contributed by atoms with Crippen LogP contribution >= 0.6 is 11.3 Å². The molecule has 140 valence electrons. The predicted molar refractivity (Wildman–Crippen MR) is 108 cm³/mol. The first kappa shape index (κ1) is 17.0. The van der Waals surface area contributed by atoms with Crippen LogP contribution in [0.15, 0.2) is 29.1 Å². The van der Waals surface area contributed by atoms with Crippen molar-refractivity contribution in [1.29, 1.82) is 0 Å². The molecule has 0 saturated carbocycles. The average molecular weight is 382 g/mol. The fraction of sp³-hybridized carbons (Fsp3) is 0.429. The first-order valence-electron chi connectivity index (χ1n) is 9.64. The van der Waals surface area contributed by atoms with Gasteiger partial charge in [0.25, 0.3) is 5.56 Å². The number of rotatable bonds is 4. The summed E-state index contributed by atoms with van der Waals surface area (Å²) in [5.74, 6) is 1.67. The van der Waals surface area contributed by atoms with Gasteiger partial charge in [-0.3, -0.25) is 9.69 Å². The molecule has 1 aliphatic heterocycles. The lowest BCUT2D eigenvalue weighted by Gasteiger charge is -2.24. The molecular formula is C21H23N3O2S. The summed E-state index contributed by atoms with van der Waals surface area (Å²) in [6.45, 7) is 1.69. The Morgan fingerprint density at radius 2 is 2.26 bits per heavy atom. The number of nitrogens with one attached hydrogen (secondary N) is 1. The number of hydrogen-bond donors (Lipinski definition) is 1. The van der Waals surface area contributed by atoms with Crippen molar-refractivity contribution in [2.75, 3.05) is 13.7 Å². The second kappa shape index (κ2) is 6.77. The van der Waals surface area contributed by atoms with Crippen LogP contribution in [0.4, 0.5) is 0 Å². The molecule has 5 nitrogen and oxygen atoms in total. The molecule has 0 unspecified atom stereocenters. The van der Waals surface area contributed by atoms with E-state index in [1.807, 2.05) is 12.1 Å². The number of nitrogens with zero attached hydrogens (tertiary/aromatic N) is 2. The smallest absolute Gasteiger partial charge is 0.259 e. The van der Waals surface area contributed by atoms with Crippen molar-refractivity contribution in [3.05, 3.63) is 56.4 Å². The Labute approximate surface area is 162 Å². The third-order valence-electron chi connectivity index (χ3n) is 5.82. The molecule has 2 aromatic heterocycles. The molecule has 0 spiro atoms. The molecule has 0 amide bonds. The van der Waals surface area contributed by atoms with E-state index in [-0.39, 0.29) is 5.56 Å². The summed E-state index contributed by atoms with van der Waals surface area (Å²) >= 11 is 1.71. The van der Waals surface area contributed by atoms with Crippen LogP contribution in [0.5, 0.6) is 5.75 Å². The summed E-state index contributed by atoms with van der Waals surface area (Å²) in [6.07, 6.45) is 5.54. The van der Waals surface area contributed by atoms with Gasteiger partial charge < -0.3 is 9.72 Å². The van der Waals surface area contributed by atoms with E-state index in [1.54, 1.807) is 18.4 Å². The van der Waals surface area contributed by atoms with Crippen molar-refractivity contribution < 1.29 is 4.74 Å². The Bertz CT molecular complexity index is 1060. The third kappa shape index (κ3) is 2.97. The minimum Gasteiger partial charge on any atom is -0.497 e. The van der Waals surface area contributed by atoms with Crippen molar-refractivity contribution in [2.45, 2.75) is 44.7 Å². The number of H-pyrrole nitrogens is 1. The maximum atomic E-state index is 12.7. The minimum absolute atomic E-state index is 0.0338. The van der Waals surface area contributed by atoms with Crippen LogP contribution in [0, 0.1) is 0 Å². The largest absolute Gasteiger partial charge is 0.497 e. The summed E-state index contributed by atoms with van der Waals surface area (Å²) < 4.78 is 5.38. The summed E-state index contributed by atoms with van der Waals surface area (Å²) in [5, 5.41) is 0.835. The van der Waals surface area contributed by atoms with Gasteiger partial charge in [-0.05, 0) is 61.9 Å². The number of likely N-dealkylation sites (tertiary alicyclic amines) is 1. The molecule has 1 atom stereocenters. The molecule has 1 aliphatic carbocycles. The number of aromatic amines is 1. The zero-order valence-corrected chi connectivity index (χ0v) is 16.3. The molecule has 0 radical (unpaired) electrons. The standard InChI is InChI=1S/C21H23N3O2S/c1-26-14-6-2-5-13(11-14)16-8-4-10-24(16)12-18-22-20(25)19-15-7-3-9-17(15)27-21(19)23-18/h2,5-6,11,16H,3-4,7-10,12H2,1H3,(H,22,23,25)/t16-/m0/s1. The number of aromatic nitrogens is 2. The number of hydrogen-bond acceptors (Lipinski definition) is 5. The quantitative estimate of drug-likeness (QED) is 0.746. The number of benzene rings is 1. The van der Waals surface area contributed by atoms with Gasteiger partial charge in [0, 0.05) is 10.9 Å². The Hall–Kier alpha value is -2.18. The lowest BCUT2D eigenvalue weighted by atomic mass is 10.0. The van der Waals surface area contributed by atoms with Crippen LogP contribution in [0.3, 0.4) is 0 Å². The average Bonchev–Trinajstić information content (AvgIpc) is 3.37. The molecular weight excluding hydrogens is 358 g/mol. The SMILES string of the molecule is COc1cccc([C@@H]2CCCN2Cc2nc3sc4c(c3c(=O)[nH]2)CCC4)c1. The van der Waals surface area contributed by atoms with Gasteiger partial charge >= 0.3 is 0 Å². The second-order valence-electron chi connectivity index (χ2n) is 7.46. The van der Waals surface area contributed by atoms with E-state index in [4.69, 9.17) is 9.72 Å². The highest BCUT2D eigenvalue weighted by atomic mass is 32.1. The topological polar surface area (TPSA) is 58.2 Å². The lowest BCUT2D eigenvalue weighted by molar-refractivity contribution is 0.242. The molecule has 2 aliphatic rings. The lowest BCUT2D eigenvalue weighted by Crippen LogP contribution is -2.25. The van der Waals surface area contributed by atoms with Gasteiger partial charge in [-0.15, -0.1) is 11.3 Å². The van der Waals surface area contributed by atoms with Gasteiger partial charge in [-0.25, -0.2) is 4.98 Å². The number of ether oxygens (including phenoxy) is 1. The van der Waals surface area contributed by atoms with E-state index in [2.05, 4.69) is 22.0 Å². The summed E-state index contributed by atoms with van der Waals surface area (Å²) in [4.78, 5) is 25.3. The third-order valence-corrected chi connectivity index (χ3v) is 7.00. The molecule has 3 aromatic rings. The minimum atomic E-state index is 0.0338. The molecule has 27 heavy (non-hydrogen) atoms. The molecule has 6 heteroatoms. The van der Waals surface area contributed by atoms with Crippen molar-refractivity contribution in [2.24, 2.45) is 0 Å². The van der Waals surface area contributed by atoms with E-state index in [0.717, 1.165) is 60.4 Å². The molecule has 1 aromatic carbocycles. The molecule has 1 N–H and O–H groups in total. The zero-order chi connectivity index (χ0) is 18.4. The molecule has 5 rings (SSSR count). The highest BCUT2D eigenvalue weighted by Crippen LogP contribution is 2.36. The highest BCUT2D eigenvalue weighted by Gasteiger charge is 2.28. The van der Waals surface area contributed by atoms with Gasteiger partial charge in [0.1, 0.15) is 16.4 Å². The Morgan fingerprint density at radius 1 is 1.33 bits per heavy atom. The van der Waals surface area contributed by atoms with Crippen LogP contribution in [0.25, 0.3) is 10.2 Å². The molecule has 1 fully saturated rings. The van der Waals surface area contributed by atoms with Gasteiger partial charge in [0.15, 0.2) is 0 Å². The van der Waals surface area contributed by atoms with Crippen molar-refractivity contribution >= 4 is 21.6 Å². The fourth-order valence-corrected chi connectivity index (χ4v) is 5.84. The van der Waals surface area contributed by atoms with Crippen LogP contribution < -0.4 is 10.3 Å². The van der Waals surface area contributed by atoms with Crippen LogP contribution in [-0.2, 0) is 19.4 Å². The maximum Gasteiger partial charge on any atom is 0.259 e. The summed E-state index contributed by atoms with van der Waals surface area (Å²) in [6, 6.07) is 8.64. The monoisotopic (exact) mass is 381 g/mol. The van der Waals surface area contributed by atoms with E-state index < -0.39 is 0 Å². The Balaban J connectivity index is 1.44. The van der Waals surface area contributed by atoms with Gasteiger partial charge in [-0.2, -0.15) is 0 Å². The summed E-state index contributed by atoms with van der Waals surface area (Å²) in [5.41, 5.74) is 2.54. The zero-order valence-electron chi connectivity index (χ0n) is 15.5. The van der Waals surface area contributed by atoms with Gasteiger partial charge in [0.05, 0.1) is 19.0 Å². The fourth-order valence-electron chi connectivity index (χ4n) is 4.56. The van der Waals surface area contributed by atoms with E-state index in [0.29, 0.717) is 12.6 Å². The van der Waals surface area contributed by atoms with Crippen molar-refractivity contribution in [1.82, 2.24) is 14.9 Å². The first-order chi connectivity index (χ1) is 13.2. The Kier molecular flexibility index (Phi) is 4.25. The number of thiophene rings is 1. The van der Waals surface area contributed by atoms with Crippen molar-refractivity contribution in [3.63, 3.8) is 0 Å². The van der Waals surface area contributed by atoms with E-state index >= 15 is 0 Å². The number of fused-ring (bicyclic) bond motifs is 3. The normalized spacial score (nSPS) is 19.7. The predicted octanol–water partition coefficient (Wildman–Crippen LogP) is 3.82. The van der Waals surface area contributed by atoms with Crippen LogP contribution in [0.1, 0.15) is 47.1 Å². The first-order valence-corrected chi connectivity index (χ1v) is 10.5. The van der Waals surface area contributed by atoms with Crippen LogP contribution in [-0.4, -0.2) is 28.5 Å². The van der Waals surface area contributed by atoms with Crippen LogP contribution in [0.2, 0.25) is 0 Å². The van der Waals surface area contributed by atoms with Crippen molar-refractivity contribution in [3.8, 4) is 5.75 Å². The van der Waals surface area contributed by atoms with E-state index in [9.17, 15) is 4.79 Å². The highest BCUT2D eigenvalue weighted by molar-refractivity contribution is 7.18. The number of methoxy groups -OCH3 is 1. The van der Waals surface area contributed by atoms with Gasteiger partial charge in [-0.1, -0.05) is 12.1 Å². The van der Waals surface area contributed by atoms with E-state index in [1.165, 1.54) is 16.0 Å². The number of aryl methyl sites for hydroxylation is 2. The summed E-state index contributed by atoms with van der Waals surface area (Å²) in [7, 11) is 1.70. The molecule has 3 heterocycles.